The van der Waals surface area contributed by atoms with Crippen molar-refractivity contribution in [3.05, 3.63) is 35.4 Å². The highest BCUT2D eigenvalue weighted by atomic mass is 32.2. The lowest BCUT2D eigenvalue weighted by Gasteiger charge is -2.07. The zero-order valence-corrected chi connectivity index (χ0v) is 12.8. The number of fused-ring (bicyclic) bond motifs is 1. The van der Waals surface area contributed by atoms with Crippen LogP contribution in [0.25, 0.3) is 0 Å². The topological polar surface area (TPSA) is 100 Å². The zero-order chi connectivity index (χ0) is 15.9. The molecule has 0 saturated heterocycles. The summed E-state index contributed by atoms with van der Waals surface area (Å²) in [5, 5.41) is 16.0. The van der Waals surface area contributed by atoms with Gasteiger partial charge in [0, 0.05) is 0 Å². The Morgan fingerprint density at radius 1 is 1.23 bits per heavy atom. The molecule has 1 atom stereocenters. The van der Waals surface area contributed by atoms with Crippen LogP contribution in [0.15, 0.2) is 28.6 Å². The molecule has 1 aliphatic rings. The molecule has 0 bridgehead atoms. The van der Waals surface area contributed by atoms with Crippen molar-refractivity contribution in [2.24, 2.45) is 0 Å². The van der Waals surface area contributed by atoms with Crippen molar-refractivity contribution in [1.29, 1.82) is 0 Å². The molecule has 1 N–H and O–H groups in total. The summed E-state index contributed by atoms with van der Waals surface area (Å²) in [4.78, 5) is 36.4. The number of amides is 2. The van der Waals surface area contributed by atoms with E-state index < -0.39 is 23.0 Å². The number of nitrogens with zero attached hydrogens (tertiary/aromatic N) is 3. The number of carbonyl (C=O) groups excluding carboxylic acids is 2. The molecule has 9 heteroatoms. The van der Waals surface area contributed by atoms with Crippen LogP contribution in [0.5, 0.6) is 0 Å². The summed E-state index contributed by atoms with van der Waals surface area (Å²) in [6.07, 6.45) is 0. The summed E-state index contributed by atoms with van der Waals surface area (Å²) in [6.45, 7) is 1.52. The minimum atomic E-state index is -0.970. The Hall–Kier alpha value is -2.26. The number of hydrogen-bond donors (Lipinski definition) is 1. The van der Waals surface area contributed by atoms with Crippen molar-refractivity contribution in [2.45, 2.75) is 16.5 Å². The Kier molecular flexibility index (Phi) is 3.67. The number of aromatic nitrogens is 2. The second kappa shape index (κ2) is 5.50. The number of carboxylic acids is 1. The molecule has 1 aromatic heterocycles. The first-order valence-electron chi connectivity index (χ1n) is 6.20. The minimum Gasteiger partial charge on any atom is -0.480 e. The molecule has 112 valence electrons. The molecule has 2 aromatic rings. The number of carbonyl (C=O) groups is 3. The van der Waals surface area contributed by atoms with E-state index in [1.54, 1.807) is 24.3 Å². The van der Waals surface area contributed by atoms with Crippen molar-refractivity contribution >= 4 is 46.0 Å². The van der Waals surface area contributed by atoms with Gasteiger partial charge in [-0.2, -0.15) is 0 Å². The maximum atomic E-state index is 12.3. The first-order chi connectivity index (χ1) is 10.5. The molecule has 0 unspecified atom stereocenters. The van der Waals surface area contributed by atoms with Gasteiger partial charge in [-0.25, -0.2) is 4.90 Å². The van der Waals surface area contributed by atoms with Crippen molar-refractivity contribution < 1.29 is 19.5 Å². The van der Waals surface area contributed by atoms with E-state index >= 15 is 0 Å². The third-order valence-electron chi connectivity index (χ3n) is 3.01. The zero-order valence-electron chi connectivity index (χ0n) is 11.2. The quantitative estimate of drug-likeness (QED) is 0.517. The summed E-state index contributed by atoms with van der Waals surface area (Å²) >= 11 is 2.03. The van der Waals surface area contributed by atoms with Crippen LogP contribution in [0, 0.1) is 0 Å². The van der Waals surface area contributed by atoms with Gasteiger partial charge in [-0.15, -0.1) is 10.2 Å². The van der Waals surface area contributed by atoms with Gasteiger partial charge in [-0.05, 0) is 19.1 Å². The Labute approximate surface area is 133 Å². The summed E-state index contributed by atoms with van der Waals surface area (Å²) in [5.41, 5.74) is 0.659. The number of benzene rings is 1. The van der Waals surface area contributed by atoms with E-state index in [1.807, 2.05) is 0 Å². The smallest absolute Gasteiger partial charge is 0.316 e. The third kappa shape index (κ3) is 2.38. The van der Waals surface area contributed by atoms with E-state index in [-0.39, 0.29) is 5.13 Å². The number of aliphatic carboxylic acids is 1. The second-order valence-corrected chi connectivity index (χ2v) is 6.98. The van der Waals surface area contributed by atoms with Gasteiger partial charge in [-0.1, -0.05) is 35.2 Å². The maximum Gasteiger partial charge on any atom is 0.316 e. The highest BCUT2D eigenvalue weighted by Crippen LogP contribution is 2.34. The molecule has 0 fully saturated rings. The average molecular weight is 335 g/mol. The second-order valence-electron chi connectivity index (χ2n) is 4.44. The van der Waals surface area contributed by atoms with Gasteiger partial charge in [0.2, 0.25) is 5.13 Å². The standard InChI is InChI=1S/C13H9N3O4S2/c1-6(11(19)20)21-13-15-14-12(22-13)16-9(17)7-4-2-3-5-8(7)10(16)18/h2-6H,1H3,(H,19,20)/t6-/m1/s1. The molecular formula is C13H9N3O4S2. The monoisotopic (exact) mass is 335 g/mol. The first-order valence-corrected chi connectivity index (χ1v) is 7.89. The van der Waals surface area contributed by atoms with Crippen LogP contribution in [0.3, 0.4) is 0 Å². The number of carboxylic acid groups (broad SMARTS) is 1. The molecule has 2 amide bonds. The van der Waals surface area contributed by atoms with Gasteiger partial charge in [0.15, 0.2) is 4.34 Å². The lowest BCUT2D eigenvalue weighted by Crippen LogP contribution is -2.29. The number of rotatable bonds is 4. The number of imide groups is 1. The van der Waals surface area contributed by atoms with E-state index in [0.717, 1.165) is 28.0 Å². The molecule has 0 saturated carbocycles. The van der Waals surface area contributed by atoms with Gasteiger partial charge in [0.05, 0.1) is 11.1 Å². The van der Waals surface area contributed by atoms with Crippen molar-refractivity contribution in [3.8, 4) is 0 Å². The predicted octanol–water partition coefficient (Wildman–Crippen LogP) is 1.90. The highest BCUT2D eigenvalue weighted by molar-refractivity contribution is 8.02. The molecule has 0 spiro atoms. The van der Waals surface area contributed by atoms with Crippen LogP contribution in [-0.4, -0.2) is 38.3 Å². The molecule has 0 aliphatic carbocycles. The normalized spacial score (nSPS) is 15.0. The van der Waals surface area contributed by atoms with Crippen LogP contribution < -0.4 is 4.90 Å². The summed E-state index contributed by atoms with van der Waals surface area (Å²) < 4.78 is 0.390. The summed E-state index contributed by atoms with van der Waals surface area (Å²) in [6, 6.07) is 6.53. The fraction of sp³-hybridized carbons (Fsp3) is 0.154. The van der Waals surface area contributed by atoms with Gasteiger partial charge < -0.3 is 5.11 Å². The van der Waals surface area contributed by atoms with E-state index in [2.05, 4.69) is 10.2 Å². The van der Waals surface area contributed by atoms with Crippen LogP contribution >= 0.6 is 23.1 Å². The van der Waals surface area contributed by atoms with Crippen LogP contribution in [-0.2, 0) is 4.79 Å². The predicted molar refractivity (Wildman–Crippen MR) is 80.4 cm³/mol. The molecule has 1 aliphatic heterocycles. The summed E-state index contributed by atoms with van der Waals surface area (Å²) in [5.74, 6) is -1.86. The third-order valence-corrected chi connectivity index (χ3v) is 5.09. The maximum absolute atomic E-state index is 12.3. The van der Waals surface area contributed by atoms with Gasteiger partial charge >= 0.3 is 5.97 Å². The molecule has 2 heterocycles. The van der Waals surface area contributed by atoms with Gasteiger partial charge in [0.1, 0.15) is 5.25 Å². The SMILES string of the molecule is C[C@@H](Sc1nnc(N2C(=O)c3ccccc3C2=O)s1)C(=O)O. The highest BCUT2D eigenvalue weighted by Gasteiger charge is 2.38. The molecule has 0 radical (unpaired) electrons. The first kappa shape index (κ1) is 14.7. The average Bonchev–Trinajstić information content (AvgIpc) is 3.03. The fourth-order valence-corrected chi connectivity index (χ4v) is 3.82. The summed E-state index contributed by atoms with van der Waals surface area (Å²) in [7, 11) is 0. The fourth-order valence-electron chi connectivity index (χ4n) is 1.91. The largest absolute Gasteiger partial charge is 0.480 e. The van der Waals surface area contributed by atoms with Crippen LogP contribution in [0.1, 0.15) is 27.6 Å². The molecule has 3 rings (SSSR count). The minimum absolute atomic E-state index is 0.145. The Morgan fingerprint density at radius 2 is 1.82 bits per heavy atom. The van der Waals surface area contributed by atoms with Gasteiger partial charge in [-0.3, -0.25) is 14.4 Å². The van der Waals surface area contributed by atoms with Crippen molar-refractivity contribution in [1.82, 2.24) is 10.2 Å². The molecular weight excluding hydrogens is 326 g/mol. The van der Waals surface area contributed by atoms with E-state index in [4.69, 9.17) is 5.11 Å². The number of anilines is 1. The number of thioether (sulfide) groups is 1. The molecule has 22 heavy (non-hydrogen) atoms. The van der Waals surface area contributed by atoms with Gasteiger partial charge in [0.25, 0.3) is 11.8 Å². The van der Waals surface area contributed by atoms with Crippen molar-refractivity contribution in [3.63, 3.8) is 0 Å². The Morgan fingerprint density at radius 3 is 2.36 bits per heavy atom. The van der Waals surface area contributed by atoms with Crippen molar-refractivity contribution in [2.75, 3.05) is 4.90 Å². The lowest BCUT2D eigenvalue weighted by molar-refractivity contribution is -0.136. The van der Waals surface area contributed by atoms with Crippen LogP contribution in [0.4, 0.5) is 5.13 Å². The van der Waals surface area contributed by atoms with E-state index in [9.17, 15) is 14.4 Å². The lowest BCUT2D eigenvalue weighted by atomic mass is 10.1. The Bertz CT molecular complexity index is 754. The molecule has 7 nitrogen and oxygen atoms in total. The van der Waals surface area contributed by atoms with E-state index in [1.165, 1.54) is 6.92 Å². The number of hydrogen-bond acceptors (Lipinski definition) is 7. The molecule has 1 aromatic carbocycles. The Balaban J connectivity index is 1.88. The van der Waals surface area contributed by atoms with E-state index in [0.29, 0.717) is 15.5 Å². The van der Waals surface area contributed by atoms with Crippen LogP contribution in [0.2, 0.25) is 0 Å².